The van der Waals surface area contributed by atoms with E-state index in [-0.39, 0.29) is 0 Å². The van der Waals surface area contributed by atoms with Crippen molar-refractivity contribution in [2.45, 2.75) is 6.92 Å². The van der Waals surface area contributed by atoms with Gasteiger partial charge in [0, 0.05) is 12.6 Å². The summed E-state index contributed by atoms with van der Waals surface area (Å²) < 4.78 is 1.74. The molecule has 1 heterocycles. The van der Waals surface area contributed by atoms with Gasteiger partial charge in [-0.3, -0.25) is 4.68 Å². The van der Waals surface area contributed by atoms with Gasteiger partial charge >= 0.3 is 0 Å². The standard InChI is InChI=1S/C17H17N3/c1-12-7-6-10-14(11-12)15-16(19-20(2)17(15)18)13-8-4-3-5-9-13/h3-11H,18H2,1-2H3. The predicted octanol–water partition coefficient (Wildman–Crippen LogP) is 3.64. The summed E-state index contributed by atoms with van der Waals surface area (Å²) in [4.78, 5) is 0. The summed E-state index contributed by atoms with van der Waals surface area (Å²) in [6.45, 7) is 2.08. The van der Waals surface area contributed by atoms with E-state index in [0.717, 1.165) is 22.4 Å². The second kappa shape index (κ2) is 4.85. The van der Waals surface area contributed by atoms with Gasteiger partial charge < -0.3 is 5.73 Å². The average molecular weight is 263 g/mol. The van der Waals surface area contributed by atoms with E-state index in [0.29, 0.717) is 5.82 Å². The molecule has 3 nitrogen and oxygen atoms in total. The fourth-order valence-corrected chi connectivity index (χ4v) is 2.42. The van der Waals surface area contributed by atoms with E-state index in [1.807, 2.05) is 31.3 Å². The molecule has 2 aromatic carbocycles. The summed E-state index contributed by atoms with van der Waals surface area (Å²) in [5.41, 5.74) is 11.6. The molecule has 1 aromatic heterocycles. The molecule has 0 aliphatic carbocycles. The van der Waals surface area contributed by atoms with Gasteiger partial charge in [-0.1, -0.05) is 60.2 Å². The number of rotatable bonds is 2. The Morgan fingerprint density at radius 1 is 0.950 bits per heavy atom. The minimum absolute atomic E-state index is 0.689. The summed E-state index contributed by atoms with van der Waals surface area (Å²) >= 11 is 0. The summed E-state index contributed by atoms with van der Waals surface area (Å²) in [6, 6.07) is 18.5. The highest BCUT2D eigenvalue weighted by Crippen LogP contribution is 2.35. The second-order valence-corrected chi connectivity index (χ2v) is 4.97. The van der Waals surface area contributed by atoms with Gasteiger partial charge in [-0.2, -0.15) is 5.10 Å². The van der Waals surface area contributed by atoms with Crippen molar-refractivity contribution < 1.29 is 0 Å². The Hall–Kier alpha value is -2.55. The minimum atomic E-state index is 0.689. The molecule has 0 unspecified atom stereocenters. The zero-order valence-corrected chi connectivity index (χ0v) is 11.7. The third-order valence-electron chi connectivity index (χ3n) is 3.45. The Morgan fingerprint density at radius 3 is 2.35 bits per heavy atom. The number of benzene rings is 2. The second-order valence-electron chi connectivity index (χ2n) is 4.97. The zero-order chi connectivity index (χ0) is 14.1. The van der Waals surface area contributed by atoms with E-state index in [9.17, 15) is 0 Å². The third kappa shape index (κ3) is 2.07. The number of aryl methyl sites for hydroxylation is 2. The Kier molecular flexibility index (Phi) is 3.03. The Morgan fingerprint density at radius 2 is 1.65 bits per heavy atom. The number of nitrogens with zero attached hydrogens (tertiary/aromatic N) is 2. The van der Waals surface area contributed by atoms with Crippen LogP contribution < -0.4 is 5.73 Å². The van der Waals surface area contributed by atoms with Gasteiger partial charge in [0.25, 0.3) is 0 Å². The van der Waals surface area contributed by atoms with Crippen molar-refractivity contribution in [2.24, 2.45) is 7.05 Å². The molecule has 3 aromatic rings. The molecule has 3 heteroatoms. The van der Waals surface area contributed by atoms with Crippen molar-refractivity contribution in [2.75, 3.05) is 5.73 Å². The van der Waals surface area contributed by atoms with E-state index in [1.165, 1.54) is 5.56 Å². The lowest BCUT2D eigenvalue weighted by molar-refractivity contribution is 0.782. The first-order chi connectivity index (χ1) is 9.66. The molecule has 20 heavy (non-hydrogen) atoms. The van der Waals surface area contributed by atoms with Crippen LogP contribution in [0.15, 0.2) is 54.6 Å². The van der Waals surface area contributed by atoms with Crippen molar-refractivity contribution in [3.63, 3.8) is 0 Å². The topological polar surface area (TPSA) is 43.8 Å². The molecular weight excluding hydrogens is 246 g/mol. The smallest absolute Gasteiger partial charge is 0.129 e. The summed E-state index contributed by atoms with van der Waals surface area (Å²) in [7, 11) is 1.88. The van der Waals surface area contributed by atoms with Gasteiger partial charge in [-0.25, -0.2) is 0 Å². The SMILES string of the molecule is Cc1cccc(-c2c(-c3ccccc3)nn(C)c2N)c1. The fraction of sp³-hybridized carbons (Fsp3) is 0.118. The lowest BCUT2D eigenvalue weighted by Gasteiger charge is -2.05. The first-order valence-corrected chi connectivity index (χ1v) is 6.62. The highest BCUT2D eigenvalue weighted by molar-refractivity contribution is 5.88. The molecule has 0 fully saturated rings. The number of hydrogen-bond donors (Lipinski definition) is 1. The molecule has 0 amide bonds. The van der Waals surface area contributed by atoms with Gasteiger partial charge in [0.05, 0.1) is 5.56 Å². The molecule has 0 spiro atoms. The lowest BCUT2D eigenvalue weighted by atomic mass is 9.99. The normalized spacial score (nSPS) is 10.7. The van der Waals surface area contributed by atoms with Crippen molar-refractivity contribution >= 4 is 5.82 Å². The van der Waals surface area contributed by atoms with Crippen molar-refractivity contribution in [1.82, 2.24) is 9.78 Å². The van der Waals surface area contributed by atoms with E-state index < -0.39 is 0 Å². The van der Waals surface area contributed by atoms with Crippen LogP contribution in [0.4, 0.5) is 5.82 Å². The maximum Gasteiger partial charge on any atom is 0.129 e. The molecule has 0 atom stereocenters. The lowest BCUT2D eigenvalue weighted by Crippen LogP contribution is -1.98. The average Bonchev–Trinajstić information content (AvgIpc) is 2.76. The Bertz CT molecular complexity index is 742. The predicted molar refractivity (Wildman–Crippen MR) is 83.2 cm³/mol. The van der Waals surface area contributed by atoms with Gasteiger partial charge in [0.15, 0.2) is 0 Å². The van der Waals surface area contributed by atoms with E-state index in [2.05, 4.69) is 42.4 Å². The summed E-state index contributed by atoms with van der Waals surface area (Å²) in [5.74, 6) is 0.689. The molecule has 0 aliphatic rings. The quantitative estimate of drug-likeness (QED) is 0.767. The molecular formula is C17H17N3. The molecule has 0 saturated heterocycles. The first kappa shape index (κ1) is 12.5. The van der Waals surface area contributed by atoms with Crippen molar-refractivity contribution in [3.05, 3.63) is 60.2 Å². The van der Waals surface area contributed by atoms with Crippen LogP contribution in [0.2, 0.25) is 0 Å². The van der Waals surface area contributed by atoms with Gasteiger partial charge in [0.1, 0.15) is 11.5 Å². The van der Waals surface area contributed by atoms with Crippen LogP contribution in [-0.2, 0) is 7.05 Å². The van der Waals surface area contributed by atoms with Crippen LogP contribution >= 0.6 is 0 Å². The molecule has 3 rings (SSSR count). The number of anilines is 1. The van der Waals surface area contributed by atoms with Gasteiger partial charge in [-0.15, -0.1) is 0 Å². The molecule has 0 bridgehead atoms. The molecule has 0 radical (unpaired) electrons. The summed E-state index contributed by atoms with van der Waals surface area (Å²) in [6.07, 6.45) is 0. The van der Waals surface area contributed by atoms with E-state index in [1.54, 1.807) is 4.68 Å². The Balaban J connectivity index is 2.25. The molecule has 2 N–H and O–H groups in total. The van der Waals surface area contributed by atoms with Crippen LogP contribution in [-0.4, -0.2) is 9.78 Å². The minimum Gasteiger partial charge on any atom is -0.383 e. The fourth-order valence-electron chi connectivity index (χ4n) is 2.42. The van der Waals surface area contributed by atoms with Crippen LogP contribution in [0, 0.1) is 6.92 Å². The molecule has 0 saturated carbocycles. The van der Waals surface area contributed by atoms with Gasteiger partial charge in [-0.05, 0) is 12.5 Å². The summed E-state index contributed by atoms with van der Waals surface area (Å²) in [5, 5.41) is 4.58. The van der Waals surface area contributed by atoms with Crippen LogP contribution in [0.3, 0.4) is 0 Å². The first-order valence-electron chi connectivity index (χ1n) is 6.62. The molecule has 100 valence electrons. The molecule has 0 aliphatic heterocycles. The van der Waals surface area contributed by atoms with Crippen LogP contribution in [0.25, 0.3) is 22.4 Å². The van der Waals surface area contributed by atoms with Crippen LogP contribution in [0.1, 0.15) is 5.56 Å². The zero-order valence-electron chi connectivity index (χ0n) is 11.7. The maximum atomic E-state index is 6.22. The number of aromatic nitrogens is 2. The van der Waals surface area contributed by atoms with E-state index in [4.69, 9.17) is 5.73 Å². The highest BCUT2D eigenvalue weighted by atomic mass is 15.3. The third-order valence-corrected chi connectivity index (χ3v) is 3.45. The number of nitrogen functional groups attached to an aromatic ring is 1. The number of nitrogens with two attached hydrogens (primary N) is 1. The Labute approximate surface area is 118 Å². The highest BCUT2D eigenvalue weighted by Gasteiger charge is 2.16. The van der Waals surface area contributed by atoms with Gasteiger partial charge in [0.2, 0.25) is 0 Å². The largest absolute Gasteiger partial charge is 0.383 e. The van der Waals surface area contributed by atoms with E-state index >= 15 is 0 Å². The maximum absolute atomic E-state index is 6.22. The monoisotopic (exact) mass is 263 g/mol. The van der Waals surface area contributed by atoms with Crippen LogP contribution in [0.5, 0.6) is 0 Å². The van der Waals surface area contributed by atoms with Crippen molar-refractivity contribution in [3.8, 4) is 22.4 Å². The van der Waals surface area contributed by atoms with Crippen molar-refractivity contribution in [1.29, 1.82) is 0 Å². The number of hydrogen-bond acceptors (Lipinski definition) is 2.